The van der Waals surface area contributed by atoms with Crippen LogP contribution in [-0.4, -0.2) is 38.3 Å². The van der Waals surface area contributed by atoms with Gasteiger partial charge in [0.2, 0.25) is 5.91 Å². The summed E-state index contributed by atoms with van der Waals surface area (Å²) < 4.78 is 1.94. The molecule has 1 heterocycles. The molecule has 2 N–H and O–H groups in total. The zero-order chi connectivity index (χ0) is 16.0. The topological polar surface area (TPSA) is 84.2 Å². The van der Waals surface area contributed by atoms with Gasteiger partial charge in [-0.1, -0.05) is 25.6 Å². The number of hydrogen-bond donors (Lipinski definition) is 2. The minimum Gasteiger partial charge on any atom is -0.481 e. The van der Waals surface area contributed by atoms with Crippen molar-refractivity contribution in [2.45, 2.75) is 57.8 Å². The lowest BCUT2D eigenvalue weighted by Gasteiger charge is -2.14. The van der Waals surface area contributed by atoms with Gasteiger partial charge in [-0.15, -0.1) is 0 Å². The molecule has 1 aromatic rings. The van der Waals surface area contributed by atoms with Crippen LogP contribution in [-0.2, 0) is 16.1 Å². The van der Waals surface area contributed by atoms with Crippen LogP contribution < -0.4 is 5.32 Å². The van der Waals surface area contributed by atoms with Crippen LogP contribution in [0.15, 0.2) is 11.4 Å². The molecule has 1 amide bonds. The number of aliphatic carboxylic acids is 1. The second-order valence-corrected chi connectivity index (χ2v) is 6.37. The fourth-order valence-electron chi connectivity index (χ4n) is 1.91. The van der Waals surface area contributed by atoms with Gasteiger partial charge in [0, 0.05) is 30.9 Å². The maximum atomic E-state index is 11.8. The molecular weight excluding hydrogens is 290 g/mol. The van der Waals surface area contributed by atoms with Crippen LogP contribution in [0.5, 0.6) is 0 Å². The molecule has 118 valence electrons. The van der Waals surface area contributed by atoms with Crippen molar-refractivity contribution in [3.8, 4) is 0 Å². The number of carboxylic acid groups (broad SMARTS) is 1. The number of thioether (sulfide) groups is 1. The van der Waals surface area contributed by atoms with E-state index < -0.39 is 5.97 Å². The number of nitrogens with zero attached hydrogens (tertiary/aromatic N) is 2. The smallest absolute Gasteiger partial charge is 0.313 e. The molecule has 0 aliphatic heterocycles. The summed E-state index contributed by atoms with van der Waals surface area (Å²) in [5.41, 5.74) is 1.01. The largest absolute Gasteiger partial charge is 0.481 e. The summed E-state index contributed by atoms with van der Waals surface area (Å²) in [5.74, 6) is -0.655. The van der Waals surface area contributed by atoms with Gasteiger partial charge in [0.25, 0.3) is 0 Å². The first kappa shape index (κ1) is 17.6. The van der Waals surface area contributed by atoms with Crippen LogP contribution in [0.3, 0.4) is 0 Å². The number of carbonyl (C=O) groups excluding carboxylic acids is 1. The average molecular weight is 313 g/mol. The zero-order valence-corrected chi connectivity index (χ0v) is 13.7. The fraction of sp³-hybridized carbons (Fsp3) is 0.643. The monoisotopic (exact) mass is 313 g/mol. The average Bonchev–Trinajstić information content (AvgIpc) is 2.76. The highest BCUT2D eigenvalue weighted by Gasteiger charge is 2.15. The molecule has 0 fully saturated rings. The van der Waals surface area contributed by atoms with Crippen molar-refractivity contribution < 1.29 is 14.7 Å². The predicted octanol–water partition coefficient (Wildman–Crippen LogP) is 2.10. The highest BCUT2D eigenvalue weighted by molar-refractivity contribution is 7.99. The number of aromatic nitrogens is 2. The van der Waals surface area contributed by atoms with Gasteiger partial charge in [-0.3, -0.25) is 9.59 Å². The lowest BCUT2D eigenvalue weighted by Crippen LogP contribution is -2.30. The van der Waals surface area contributed by atoms with Gasteiger partial charge in [0.15, 0.2) is 5.16 Å². The van der Waals surface area contributed by atoms with Crippen LogP contribution in [0.2, 0.25) is 0 Å². The summed E-state index contributed by atoms with van der Waals surface area (Å²) in [4.78, 5) is 26.7. The van der Waals surface area contributed by atoms with E-state index in [0.717, 1.165) is 5.69 Å². The molecule has 0 aliphatic carbocycles. The van der Waals surface area contributed by atoms with Crippen LogP contribution in [0, 0.1) is 0 Å². The number of imidazole rings is 1. The first-order valence-corrected chi connectivity index (χ1v) is 7.99. The number of nitrogens with one attached hydrogen (secondary N) is 1. The van der Waals surface area contributed by atoms with E-state index in [1.54, 1.807) is 6.20 Å². The second-order valence-electron chi connectivity index (χ2n) is 5.43. The maximum absolute atomic E-state index is 11.8. The van der Waals surface area contributed by atoms with Crippen LogP contribution in [0.25, 0.3) is 0 Å². The zero-order valence-electron chi connectivity index (χ0n) is 12.9. The Labute approximate surface area is 129 Å². The molecule has 0 atom stereocenters. The van der Waals surface area contributed by atoms with Crippen molar-refractivity contribution in [1.29, 1.82) is 0 Å². The number of amides is 1. The summed E-state index contributed by atoms with van der Waals surface area (Å²) >= 11 is 1.18. The third-order valence-corrected chi connectivity index (χ3v) is 3.75. The van der Waals surface area contributed by atoms with Gasteiger partial charge in [0.05, 0.1) is 5.75 Å². The first-order chi connectivity index (χ1) is 9.81. The summed E-state index contributed by atoms with van der Waals surface area (Å²) in [5, 5.41) is 12.3. The van der Waals surface area contributed by atoms with Crippen LogP contribution >= 0.6 is 11.8 Å². The van der Waals surface area contributed by atoms with E-state index in [1.807, 2.05) is 32.3 Å². The van der Waals surface area contributed by atoms with E-state index in [2.05, 4.69) is 10.3 Å². The molecule has 1 aromatic heterocycles. The summed E-state index contributed by atoms with van der Waals surface area (Å²) in [6, 6.07) is 0.116. The Morgan fingerprint density at radius 1 is 1.38 bits per heavy atom. The summed E-state index contributed by atoms with van der Waals surface area (Å²) in [6.07, 6.45) is 2.12. The molecule has 7 heteroatoms. The Balaban J connectivity index is 2.78. The third-order valence-electron chi connectivity index (χ3n) is 2.78. The molecule has 0 unspecified atom stereocenters. The molecule has 6 nitrogen and oxygen atoms in total. The van der Waals surface area contributed by atoms with Gasteiger partial charge < -0.3 is 15.0 Å². The van der Waals surface area contributed by atoms with Gasteiger partial charge >= 0.3 is 5.97 Å². The molecule has 0 radical (unpaired) electrons. The van der Waals surface area contributed by atoms with E-state index in [4.69, 9.17) is 5.11 Å². The Hall–Kier alpha value is -1.50. The van der Waals surface area contributed by atoms with E-state index in [1.165, 1.54) is 11.8 Å². The summed E-state index contributed by atoms with van der Waals surface area (Å²) in [7, 11) is 0. The van der Waals surface area contributed by atoms with Crippen molar-refractivity contribution in [3.05, 3.63) is 11.9 Å². The lowest BCUT2D eigenvalue weighted by atomic mass is 10.1. The van der Waals surface area contributed by atoms with Crippen molar-refractivity contribution >= 4 is 23.6 Å². The normalized spacial score (nSPS) is 11.1. The Morgan fingerprint density at radius 3 is 2.57 bits per heavy atom. The van der Waals surface area contributed by atoms with Crippen LogP contribution in [0.4, 0.5) is 0 Å². The number of carboxylic acids is 1. The highest BCUT2D eigenvalue weighted by atomic mass is 32.2. The molecule has 0 saturated heterocycles. The number of hydrogen-bond acceptors (Lipinski definition) is 4. The minimum absolute atomic E-state index is 0.0115. The number of carbonyl (C=O) groups is 2. The SMILES string of the molecule is CC(C)NC(=O)CCn1c(C(C)C)cnc1SCC(=O)O. The van der Waals surface area contributed by atoms with Crippen molar-refractivity contribution in [2.24, 2.45) is 0 Å². The minimum atomic E-state index is -0.877. The van der Waals surface area contributed by atoms with E-state index in [-0.39, 0.29) is 23.6 Å². The van der Waals surface area contributed by atoms with E-state index >= 15 is 0 Å². The molecule has 0 saturated carbocycles. The molecule has 0 aromatic carbocycles. The highest BCUT2D eigenvalue weighted by Crippen LogP contribution is 2.23. The Kier molecular flexibility index (Phi) is 6.74. The molecule has 0 spiro atoms. The molecule has 0 aliphatic rings. The molecular formula is C14H23N3O3S. The van der Waals surface area contributed by atoms with E-state index in [0.29, 0.717) is 18.1 Å². The van der Waals surface area contributed by atoms with Crippen molar-refractivity contribution in [1.82, 2.24) is 14.9 Å². The third kappa shape index (κ3) is 5.79. The lowest BCUT2D eigenvalue weighted by molar-refractivity contribution is -0.134. The molecule has 21 heavy (non-hydrogen) atoms. The fourth-order valence-corrected chi connectivity index (χ4v) is 2.64. The molecule has 0 bridgehead atoms. The summed E-state index contributed by atoms with van der Waals surface area (Å²) in [6.45, 7) is 8.44. The van der Waals surface area contributed by atoms with E-state index in [9.17, 15) is 9.59 Å². The van der Waals surface area contributed by atoms with Crippen molar-refractivity contribution in [2.75, 3.05) is 5.75 Å². The molecule has 1 rings (SSSR count). The second kappa shape index (κ2) is 8.07. The van der Waals surface area contributed by atoms with Gasteiger partial charge in [-0.25, -0.2) is 4.98 Å². The van der Waals surface area contributed by atoms with Crippen LogP contribution in [0.1, 0.15) is 45.7 Å². The van der Waals surface area contributed by atoms with Gasteiger partial charge in [-0.05, 0) is 19.8 Å². The Morgan fingerprint density at radius 2 is 2.05 bits per heavy atom. The first-order valence-electron chi connectivity index (χ1n) is 7.00. The quantitative estimate of drug-likeness (QED) is 0.718. The van der Waals surface area contributed by atoms with Gasteiger partial charge in [-0.2, -0.15) is 0 Å². The standard InChI is InChI=1S/C14H23N3O3S/c1-9(2)11-7-15-14(21-8-13(19)20)17(11)6-5-12(18)16-10(3)4/h7,9-10H,5-6,8H2,1-4H3,(H,16,18)(H,19,20). The van der Waals surface area contributed by atoms with Crippen molar-refractivity contribution in [3.63, 3.8) is 0 Å². The predicted molar refractivity (Wildman–Crippen MR) is 82.6 cm³/mol. The number of rotatable bonds is 8. The Bertz CT molecular complexity index is 498. The maximum Gasteiger partial charge on any atom is 0.313 e. The van der Waals surface area contributed by atoms with Gasteiger partial charge in [0.1, 0.15) is 0 Å².